The molecule has 1 unspecified atom stereocenters. The lowest BCUT2D eigenvalue weighted by Gasteiger charge is -2.07. The third-order valence-corrected chi connectivity index (χ3v) is 4.16. The molecule has 1 aromatic heterocycles. The summed E-state index contributed by atoms with van der Waals surface area (Å²) in [5, 5.41) is 12.7. The zero-order valence-corrected chi connectivity index (χ0v) is 10.3. The Bertz CT molecular complexity index is 260. The van der Waals surface area contributed by atoms with Crippen LogP contribution in [0, 0.1) is 0 Å². The predicted octanol–water partition coefficient (Wildman–Crippen LogP) is 2.81. The monoisotopic (exact) mass is 283 g/mol. The van der Waals surface area contributed by atoms with E-state index in [1.54, 1.807) is 0 Å². The maximum absolute atomic E-state index is 9.66. The molecule has 0 aliphatic heterocycles. The van der Waals surface area contributed by atoms with Crippen LogP contribution in [0.15, 0.2) is 10.5 Å². The van der Waals surface area contributed by atoms with Gasteiger partial charge in [-0.2, -0.15) is 0 Å². The van der Waals surface area contributed by atoms with Gasteiger partial charge in [-0.15, -0.1) is 11.3 Å². The Labute approximate surface area is 95.0 Å². The van der Waals surface area contributed by atoms with E-state index >= 15 is 0 Å². The summed E-state index contributed by atoms with van der Waals surface area (Å²) in [7, 11) is 0. The number of halogens is 2. The third-order valence-electron chi connectivity index (χ3n) is 1.58. The van der Waals surface area contributed by atoms with Gasteiger partial charge < -0.3 is 10.4 Å². The van der Waals surface area contributed by atoms with Crippen LogP contribution in [0.2, 0.25) is 4.34 Å². The highest BCUT2D eigenvalue weighted by atomic mass is 79.9. The molecule has 2 nitrogen and oxygen atoms in total. The number of aliphatic hydroxyl groups excluding tert-OH is 1. The van der Waals surface area contributed by atoms with Crippen LogP contribution in [-0.2, 0) is 0 Å². The van der Waals surface area contributed by atoms with Crippen LogP contribution in [0.5, 0.6) is 0 Å². The Morgan fingerprint density at radius 3 is 2.92 bits per heavy atom. The molecule has 0 aliphatic carbocycles. The van der Waals surface area contributed by atoms with E-state index < -0.39 is 6.10 Å². The molecule has 0 saturated heterocycles. The van der Waals surface area contributed by atoms with Gasteiger partial charge in [0.05, 0.1) is 0 Å². The Kier molecular flexibility index (Phi) is 4.69. The molecule has 1 heterocycles. The number of likely N-dealkylation sites (N-methyl/N-ethyl adjacent to an activating group) is 1. The first-order chi connectivity index (χ1) is 6.15. The first-order valence-electron chi connectivity index (χ1n) is 3.98. The Morgan fingerprint density at radius 2 is 2.46 bits per heavy atom. The van der Waals surface area contributed by atoms with Crippen molar-refractivity contribution in [3.63, 3.8) is 0 Å². The third kappa shape index (κ3) is 3.22. The molecule has 0 radical (unpaired) electrons. The number of aliphatic hydroxyl groups is 1. The summed E-state index contributed by atoms with van der Waals surface area (Å²) in [4.78, 5) is 0.887. The summed E-state index contributed by atoms with van der Waals surface area (Å²) in [6.07, 6.45) is -0.464. The van der Waals surface area contributed by atoms with E-state index in [0.29, 0.717) is 10.9 Å². The number of nitrogens with one attached hydrogen (secondary N) is 1. The van der Waals surface area contributed by atoms with Crippen LogP contribution in [0.1, 0.15) is 17.9 Å². The van der Waals surface area contributed by atoms with Gasteiger partial charge in [-0.25, -0.2) is 0 Å². The summed E-state index contributed by atoms with van der Waals surface area (Å²) in [6.45, 7) is 3.43. The van der Waals surface area contributed by atoms with E-state index in [1.165, 1.54) is 11.3 Å². The SMILES string of the molecule is CCNCC(O)c1cc(Br)c(Cl)s1. The van der Waals surface area contributed by atoms with Gasteiger partial charge in [0.2, 0.25) is 0 Å². The van der Waals surface area contributed by atoms with Crippen LogP contribution in [0.3, 0.4) is 0 Å². The predicted molar refractivity (Wildman–Crippen MR) is 60.5 cm³/mol. The topological polar surface area (TPSA) is 32.3 Å². The molecule has 0 fully saturated rings. The van der Waals surface area contributed by atoms with Crippen molar-refractivity contribution >= 4 is 38.9 Å². The van der Waals surface area contributed by atoms with Gasteiger partial charge in [-0.3, -0.25) is 0 Å². The maximum atomic E-state index is 9.66. The summed E-state index contributed by atoms with van der Waals surface area (Å²) < 4.78 is 1.54. The fraction of sp³-hybridized carbons (Fsp3) is 0.500. The van der Waals surface area contributed by atoms with Crippen LogP contribution >= 0.6 is 38.9 Å². The molecule has 0 aromatic carbocycles. The van der Waals surface area contributed by atoms with Crippen LogP contribution in [0.4, 0.5) is 0 Å². The van der Waals surface area contributed by atoms with Crippen molar-refractivity contribution in [3.8, 4) is 0 Å². The lowest BCUT2D eigenvalue weighted by Crippen LogP contribution is -2.20. The molecule has 74 valence electrons. The lowest BCUT2D eigenvalue weighted by atomic mass is 10.3. The van der Waals surface area contributed by atoms with Crippen LogP contribution < -0.4 is 5.32 Å². The molecule has 1 atom stereocenters. The molecular formula is C8H11BrClNOS. The van der Waals surface area contributed by atoms with E-state index in [1.807, 2.05) is 13.0 Å². The second-order valence-corrected chi connectivity index (χ2v) is 5.13. The van der Waals surface area contributed by atoms with E-state index in [0.717, 1.165) is 15.9 Å². The molecule has 0 amide bonds. The minimum atomic E-state index is -0.464. The summed E-state index contributed by atoms with van der Waals surface area (Å²) in [5.41, 5.74) is 0. The minimum Gasteiger partial charge on any atom is -0.386 e. The fourth-order valence-electron chi connectivity index (χ4n) is 0.909. The summed E-state index contributed by atoms with van der Waals surface area (Å²) >= 11 is 10.5. The molecule has 1 aromatic rings. The van der Waals surface area contributed by atoms with Crippen molar-refractivity contribution in [2.75, 3.05) is 13.1 Å². The highest BCUT2D eigenvalue weighted by Crippen LogP contribution is 2.34. The molecular weight excluding hydrogens is 274 g/mol. The van der Waals surface area contributed by atoms with Gasteiger partial charge in [0, 0.05) is 15.9 Å². The highest BCUT2D eigenvalue weighted by molar-refractivity contribution is 9.10. The number of hydrogen-bond acceptors (Lipinski definition) is 3. The minimum absolute atomic E-state index is 0.464. The smallest absolute Gasteiger partial charge is 0.107 e. The molecule has 0 spiro atoms. The van der Waals surface area contributed by atoms with Crippen molar-refractivity contribution in [1.82, 2.24) is 5.32 Å². The maximum Gasteiger partial charge on any atom is 0.107 e. The average Bonchev–Trinajstić information content (AvgIpc) is 2.43. The Balaban J connectivity index is 2.60. The van der Waals surface area contributed by atoms with Gasteiger partial charge in [-0.1, -0.05) is 18.5 Å². The Hall–Kier alpha value is 0.390. The largest absolute Gasteiger partial charge is 0.386 e. The molecule has 5 heteroatoms. The van der Waals surface area contributed by atoms with Crippen molar-refractivity contribution in [2.24, 2.45) is 0 Å². The number of thiophene rings is 1. The van der Waals surface area contributed by atoms with Crippen molar-refractivity contribution < 1.29 is 5.11 Å². The van der Waals surface area contributed by atoms with Gasteiger partial charge in [-0.05, 0) is 28.5 Å². The van der Waals surface area contributed by atoms with E-state index in [4.69, 9.17) is 11.6 Å². The molecule has 1 rings (SSSR count). The molecule has 13 heavy (non-hydrogen) atoms. The van der Waals surface area contributed by atoms with Crippen LogP contribution in [0.25, 0.3) is 0 Å². The number of hydrogen-bond donors (Lipinski definition) is 2. The van der Waals surface area contributed by atoms with Gasteiger partial charge in [0.25, 0.3) is 0 Å². The van der Waals surface area contributed by atoms with E-state index in [9.17, 15) is 5.11 Å². The molecule has 0 bridgehead atoms. The van der Waals surface area contributed by atoms with Crippen molar-refractivity contribution in [2.45, 2.75) is 13.0 Å². The summed E-state index contributed by atoms with van der Waals surface area (Å²) in [5.74, 6) is 0. The second-order valence-electron chi connectivity index (χ2n) is 2.59. The lowest BCUT2D eigenvalue weighted by molar-refractivity contribution is 0.179. The molecule has 0 saturated carbocycles. The molecule has 2 N–H and O–H groups in total. The first kappa shape index (κ1) is 11.5. The molecule has 0 aliphatic rings. The highest BCUT2D eigenvalue weighted by Gasteiger charge is 2.12. The zero-order chi connectivity index (χ0) is 9.84. The van der Waals surface area contributed by atoms with Gasteiger partial charge in [0.15, 0.2) is 0 Å². The van der Waals surface area contributed by atoms with Crippen molar-refractivity contribution in [3.05, 3.63) is 19.8 Å². The average molecular weight is 285 g/mol. The Morgan fingerprint density at radius 1 is 1.77 bits per heavy atom. The van der Waals surface area contributed by atoms with E-state index in [-0.39, 0.29) is 0 Å². The van der Waals surface area contributed by atoms with Crippen molar-refractivity contribution in [1.29, 1.82) is 0 Å². The fourth-order valence-corrected chi connectivity index (χ4v) is 2.63. The number of rotatable bonds is 4. The normalized spacial score (nSPS) is 13.2. The second kappa shape index (κ2) is 5.32. The van der Waals surface area contributed by atoms with Gasteiger partial charge >= 0.3 is 0 Å². The summed E-state index contributed by atoms with van der Waals surface area (Å²) in [6, 6.07) is 1.86. The van der Waals surface area contributed by atoms with Crippen LogP contribution in [-0.4, -0.2) is 18.2 Å². The zero-order valence-electron chi connectivity index (χ0n) is 7.18. The van der Waals surface area contributed by atoms with E-state index in [2.05, 4.69) is 21.2 Å². The first-order valence-corrected chi connectivity index (χ1v) is 5.97. The van der Waals surface area contributed by atoms with Gasteiger partial charge in [0.1, 0.15) is 10.4 Å². The quantitative estimate of drug-likeness (QED) is 0.891. The standard InChI is InChI=1S/C8H11BrClNOS/c1-2-11-4-6(12)7-3-5(9)8(10)13-7/h3,6,11-12H,2,4H2,1H3.